The first-order valence-corrected chi connectivity index (χ1v) is 6.24. The van der Waals surface area contributed by atoms with E-state index in [1.165, 1.54) is 18.3 Å². The number of benzene rings is 1. The summed E-state index contributed by atoms with van der Waals surface area (Å²) in [6.07, 6.45) is 6.41. The van der Waals surface area contributed by atoms with Crippen molar-refractivity contribution in [3.8, 4) is 5.69 Å². The standard InChI is InChI=1S/C15H11FN4O/c16-14-13(5-2-6-18-14)15(21)19-11-3-1-4-12(9-11)20-8-7-17-10-20/h1-10H,(H,19,21). The van der Waals surface area contributed by atoms with Gasteiger partial charge in [-0.25, -0.2) is 9.97 Å². The smallest absolute Gasteiger partial charge is 0.260 e. The summed E-state index contributed by atoms with van der Waals surface area (Å²) in [5.74, 6) is -1.33. The highest BCUT2D eigenvalue weighted by Crippen LogP contribution is 2.16. The van der Waals surface area contributed by atoms with Crippen LogP contribution in [0, 0.1) is 5.95 Å². The number of imidazole rings is 1. The molecule has 0 unspecified atom stereocenters. The molecular formula is C15H11FN4O. The molecule has 3 aromatic rings. The lowest BCUT2D eigenvalue weighted by Crippen LogP contribution is -2.14. The molecular weight excluding hydrogens is 271 g/mol. The van der Waals surface area contributed by atoms with Crippen molar-refractivity contribution < 1.29 is 9.18 Å². The van der Waals surface area contributed by atoms with Crippen molar-refractivity contribution in [3.63, 3.8) is 0 Å². The first kappa shape index (κ1) is 13.0. The fraction of sp³-hybridized carbons (Fsp3) is 0. The zero-order chi connectivity index (χ0) is 14.7. The van der Waals surface area contributed by atoms with Gasteiger partial charge in [0.05, 0.1) is 11.9 Å². The quantitative estimate of drug-likeness (QED) is 0.751. The number of anilines is 1. The van der Waals surface area contributed by atoms with Crippen molar-refractivity contribution >= 4 is 11.6 Å². The van der Waals surface area contributed by atoms with E-state index >= 15 is 0 Å². The summed E-state index contributed by atoms with van der Waals surface area (Å²) < 4.78 is 15.3. The molecule has 0 atom stereocenters. The SMILES string of the molecule is O=C(Nc1cccc(-n2ccnc2)c1)c1cccnc1F. The number of amides is 1. The van der Waals surface area contributed by atoms with E-state index in [-0.39, 0.29) is 5.56 Å². The first-order valence-electron chi connectivity index (χ1n) is 6.24. The van der Waals surface area contributed by atoms with E-state index in [0.717, 1.165) is 5.69 Å². The summed E-state index contributed by atoms with van der Waals surface area (Å²) in [7, 11) is 0. The number of rotatable bonds is 3. The maximum atomic E-state index is 13.5. The maximum absolute atomic E-state index is 13.5. The Kier molecular flexibility index (Phi) is 3.42. The molecule has 3 rings (SSSR count). The molecule has 0 aliphatic rings. The average Bonchev–Trinajstić information content (AvgIpc) is 3.02. The third-order valence-corrected chi connectivity index (χ3v) is 2.91. The fourth-order valence-electron chi connectivity index (χ4n) is 1.91. The van der Waals surface area contributed by atoms with Gasteiger partial charge in [0.1, 0.15) is 0 Å². The van der Waals surface area contributed by atoms with Crippen LogP contribution in [0.5, 0.6) is 0 Å². The van der Waals surface area contributed by atoms with Crippen LogP contribution in [-0.2, 0) is 0 Å². The minimum atomic E-state index is -0.791. The van der Waals surface area contributed by atoms with Crippen molar-refractivity contribution in [2.45, 2.75) is 0 Å². The van der Waals surface area contributed by atoms with Crippen LogP contribution in [0.15, 0.2) is 61.3 Å². The predicted molar refractivity (Wildman–Crippen MR) is 75.7 cm³/mol. The van der Waals surface area contributed by atoms with Crippen LogP contribution in [0.4, 0.5) is 10.1 Å². The van der Waals surface area contributed by atoms with Gasteiger partial charge in [-0.2, -0.15) is 4.39 Å². The number of hydrogen-bond acceptors (Lipinski definition) is 3. The molecule has 0 spiro atoms. The molecule has 0 saturated carbocycles. The Bertz CT molecular complexity index is 771. The van der Waals surface area contributed by atoms with Gasteiger partial charge in [0, 0.05) is 30.0 Å². The Labute approximate surface area is 120 Å². The van der Waals surface area contributed by atoms with E-state index < -0.39 is 11.9 Å². The lowest BCUT2D eigenvalue weighted by molar-refractivity contribution is 0.102. The van der Waals surface area contributed by atoms with Crippen molar-refractivity contribution in [3.05, 3.63) is 72.8 Å². The van der Waals surface area contributed by atoms with Crippen molar-refractivity contribution in [2.24, 2.45) is 0 Å². The highest BCUT2D eigenvalue weighted by atomic mass is 19.1. The Morgan fingerprint density at radius 2 is 2.10 bits per heavy atom. The molecule has 1 aromatic carbocycles. The number of carbonyl (C=O) groups excluding carboxylic acids is 1. The third-order valence-electron chi connectivity index (χ3n) is 2.91. The summed E-state index contributed by atoms with van der Waals surface area (Å²) in [6, 6.07) is 10.1. The highest BCUT2D eigenvalue weighted by Gasteiger charge is 2.12. The molecule has 0 radical (unpaired) electrons. The minimum Gasteiger partial charge on any atom is -0.322 e. The lowest BCUT2D eigenvalue weighted by Gasteiger charge is -2.08. The molecule has 0 fully saturated rings. The van der Waals surface area contributed by atoms with Gasteiger partial charge in [-0.1, -0.05) is 6.07 Å². The van der Waals surface area contributed by atoms with Gasteiger partial charge in [-0.3, -0.25) is 4.79 Å². The summed E-state index contributed by atoms with van der Waals surface area (Å²) in [4.78, 5) is 19.4. The van der Waals surface area contributed by atoms with Gasteiger partial charge in [-0.15, -0.1) is 0 Å². The summed E-state index contributed by atoms with van der Waals surface area (Å²) in [6.45, 7) is 0. The van der Waals surface area contributed by atoms with E-state index in [9.17, 15) is 9.18 Å². The summed E-state index contributed by atoms with van der Waals surface area (Å²) >= 11 is 0. The second-order valence-corrected chi connectivity index (χ2v) is 4.32. The van der Waals surface area contributed by atoms with Crippen LogP contribution in [-0.4, -0.2) is 20.4 Å². The van der Waals surface area contributed by atoms with Gasteiger partial charge in [0.2, 0.25) is 5.95 Å². The number of halogens is 1. The maximum Gasteiger partial charge on any atom is 0.260 e. The Hall–Kier alpha value is -3.02. The molecule has 21 heavy (non-hydrogen) atoms. The normalized spacial score (nSPS) is 10.3. The zero-order valence-corrected chi connectivity index (χ0v) is 10.9. The molecule has 2 heterocycles. The van der Waals surface area contributed by atoms with E-state index in [4.69, 9.17) is 0 Å². The number of carbonyl (C=O) groups is 1. The minimum absolute atomic E-state index is 0.0921. The van der Waals surface area contributed by atoms with Crippen LogP contribution >= 0.6 is 0 Å². The largest absolute Gasteiger partial charge is 0.322 e. The molecule has 6 heteroatoms. The molecule has 0 saturated heterocycles. The molecule has 1 N–H and O–H groups in total. The average molecular weight is 282 g/mol. The first-order chi connectivity index (χ1) is 10.2. The van der Waals surface area contributed by atoms with Crippen LogP contribution in [0.2, 0.25) is 0 Å². The van der Waals surface area contributed by atoms with Crippen molar-refractivity contribution in [2.75, 3.05) is 5.32 Å². The van der Waals surface area contributed by atoms with Crippen LogP contribution in [0.1, 0.15) is 10.4 Å². The molecule has 0 bridgehead atoms. The van der Waals surface area contributed by atoms with Gasteiger partial charge < -0.3 is 9.88 Å². The number of nitrogens with zero attached hydrogens (tertiary/aromatic N) is 3. The molecule has 0 aliphatic heterocycles. The number of pyridine rings is 1. The van der Waals surface area contributed by atoms with Crippen LogP contribution in [0.25, 0.3) is 5.69 Å². The van der Waals surface area contributed by atoms with Gasteiger partial charge in [-0.05, 0) is 30.3 Å². The number of nitrogens with one attached hydrogen (secondary N) is 1. The lowest BCUT2D eigenvalue weighted by atomic mass is 10.2. The molecule has 1 amide bonds. The topological polar surface area (TPSA) is 59.8 Å². The van der Waals surface area contributed by atoms with E-state index in [1.807, 2.05) is 6.07 Å². The molecule has 5 nitrogen and oxygen atoms in total. The number of aromatic nitrogens is 3. The van der Waals surface area contributed by atoms with Gasteiger partial charge in [0.15, 0.2) is 0 Å². The van der Waals surface area contributed by atoms with Crippen molar-refractivity contribution in [1.29, 1.82) is 0 Å². The van der Waals surface area contributed by atoms with Crippen molar-refractivity contribution in [1.82, 2.24) is 14.5 Å². The second kappa shape index (κ2) is 5.54. The van der Waals surface area contributed by atoms with Crippen LogP contribution < -0.4 is 5.32 Å². The summed E-state index contributed by atoms with van der Waals surface area (Å²) in [5.41, 5.74) is 1.32. The third kappa shape index (κ3) is 2.79. The predicted octanol–water partition coefficient (Wildman–Crippen LogP) is 2.66. The van der Waals surface area contributed by atoms with E-state index in [1.54, 1.807) is 41.5 Å². The van der Waals surface area contributed by atoms with E-state index in [2.05, 4.69) is 15.3 Å². The fourth-order valence-corrected chi connectivity index (χ4v) is 1.91. The Balaban J connectivity index is 1.84. The second-order valence-electron chi connectivity index (χ2n) is 4.32. The van der Waals surface area contributed by atoms with Gasteiger partial charge >= 0.3 is 0 Å². The summed E-state index contributed by atoms with van der Waals surface area (Å²) in [5, 5.41) is 2.65. The Morgan fingerprint density at radius 3 is 2.86 bits per heavy atom. The van der Waals surface area contributed by atoms with Gasteiger partial charge in [0.25, 0.3) is 5.91 Å². The molecule has 2 aromatic heterocycles. The van der Waals surface area contributed by atoms with Crippen LogP contribution in [0.3, 0.4) is 0 Å². The molecule has 104 valence electrons. The highest BCUT2D eigenvalue weighted by molar-refractivity contribution is 6.04. The zero-order valence-electron chi connectivity index (χ0n) is 10.9. The molecule has 0 aliphatic carbocycles. The van der Waals surface area contributed by atoms with E-state index in [0.29, 0.717) is 5.69 Å². The number of hydrogen-bond donors (Lipinski definition) is 1. The monoisotopic (exact) mass is 282 g/mol. The Morgan fingerprint density at radius 1 is 1.19 bits per heavy atom.